The van der Waals surface area contributed by atoms with Gasteiger partial charge in [0, 0.05) is 23.1 Å². The standard InChI is InChI=1S/C13H15BrN2O2/c1-9(17)16(8-13(18)15-11-5-6-11)12-4-2-3-10(14)7-12/h2-4,7,11H,5-6,8H2,1H3,(H,15,18). The topological polar surface area (TPSA) is 49.4 Å². The highest BCUT2D eigenvalue weighted by atomic mass is 79.9. The van der Waals surface area contributed by atoms with Gasteiger partial charge in [0.15, 0.2) is 0 Å². The molecule has 1 N–H and O–H groups in total. The van der Waals surface area contributed by atoms with Crippen molar-refractivity contribution in [3.8, 4) is 0 Å². The van der Waals surface area contributed by atoms with Crippen molar-refractivity contribution in [3.05, 3.63) is 28.7 Å². The number of hydrogen-bond acceptors (Lipinski definition) is 2. The van der Waals surface area contributed by atoms with Crippen molar-refractivity contribution in [2.75, 3.05) is 11.4 Å². The predicted octanol–water partition coefficient (Wildman–Crippen LogP) is 2.08. The summed E-state index contributed by atoms with van der Waals surface area (Å²) in [4.78, 5) is 24.8. The van der Waals surface area contributed by atoms with Crippen LogP contribution in [0.1, 0.15) is 19.8 Å². The molecular weight excluding hydrogens is 296 g/mol. The second kappa shape index (κ2) is 5.52. The molecule has 2 rings (SSSR count). The van der Waals surface area contributed by atoms with Gasteiger partial charge in [-0.15, -0.1) is 0 Å². The molecule has 0 unspecified atom stereocenters. The third-order valence-corrected chi connectivity index (χ3v) is 3.24. The maximum absolute atomic E-state index is 11.7. The molecule has 0 saturated heterocycles. The van der Waals surface area contributed by atoms with Crippen LogP contribution in [-0.4, -0.2) is 24.4 Å². The fourth-order valence-corrected chi connectivity index (χ4v) is 2.06. The number of halogens is 1. The molecular formula is C13H15BrN2O2. The summed E-state index contributed by atoms with van der Waals surface area (Å²) >= 11 is 3.36. The maximum Gasteiger partial charge on any atom is 0.240 e. The number of anilines is 1. The Kier molecular flexibility index (Phi) is 4.01. The molecule has 1 aliphatic carbocycles. The van der Waals surface area contributed by atoms with Crippen molar-refractivity contribution >= 4 is 33.4 Å². The highest BCUT2D eigenvalue weighted by Crippen LogP contribution is 2.21. The quantitative estimate of drug-likeness (QED) is 0.925. The van der Waals surface area contributed by atoms with E-state index in [9.17, 15) is 9.59 Å². The molecule has 0 spiro atoms. The Morgan fingerprint density at radius 3 is 2.72 bits per heavy atom. The van der Waals surface area contributed by atoms with Gasteiger partial charge in [-0.25, -0.2) is 0 Å². The number of hydrogen-bond donors (Lipinski definition) is 1. The van der Waals surface area contributed by atoms with E-state index < -0.39 is 0 Å². The van der Waals surface area contributed by atoms with E-state index in [-0.39, 0.29) is 18.4 Å². The normalized spacial score (nSPS) is 14.1. The predicted molar refractivity (Wildman–Crippen MR) is 73.3 cm³/mol. The highest BCUT2D eigenvalue weighted by molar-refractivity contribution is 9.10. The molecule has 0 aliphatic heterocycles. The van der Waals surface area contributed by atoms with E-state index in [0.29, 0.717) is 6.04 Å². The van der Waals surface area contributed by atoms with Gasteiger partial charge in [-0.2, -0.15) is 0 Å². The Balaban J connectivity index is 2.07. The molecule has 1 saturated carbocycles. The second-order valence-electron chi connectivity index (χ2n) is 4.43. The van der Waals surface area contributed by atoms with Crippen molar-refractivity contribution in [2.45, 2.75) is 25.8 Å². The lowest BCUT2D eigenvalue weighted by atomic mass is 10.3. The third-order valence-electron chi connectivity index (χ3n) is 2.74. The van der Waals surface area contributed by atoms with Gasteiger partial charge in [-0.3, -0.25) is 9.59 Å². The van der Waals surface area contributed by atoms with E-state index in [1.807, 2.05) is 24.3 Å². The van der Waals surface area contributed by atoms with Crippen LogP contribution in [0.15, 0.2) is 28.7 Å². The molecule has 1 aromatic rings. The molecule has 1 aliphatic rings. The van der Waals surface area contributed by atoms with Crippen LogP contribution in [0.5, 0.6) is 0 Å². The molecule has 4 nitrogen and oxygen atoms in total. The first-order valence-electron chi connectivity index (χ1n) is 5.89. The largest absolute Gasteiger partial charge is 0.352 e. The van der Waals surface area contributed by atoms with Gasteiger partial charge in [0.2, 0.25) is 11.8 Å². The molecule has 2 amide bonds. The van der Waals surface area contributed by atoms with Gasteiger partial charge >= 0.3 is 0 Å². The maximum atomic E-state index is 11.7. The summed E-state index contributed by atoms with van der Waals surface area (Å²) in [5.74, 6) is -0.244. The van der Waals surface area contributed by atoms with Crippen LogP contribution in [0.3, 0.4) is 0 Å². The molecule has 0 heterocycles. The van der Waals surface area contributed by atoms with Gasteiger partial charge in [0.25, 0.3) is 0 Å². The first kappa shape index (κ1) is 13.1. The number of benzene rings is 1. The van der Waals surface area contributed by atoms with Gasteiger partial charge in [-0.1, -0.05) is 22.0 Å². The van der Waals surface area contributed by atoms with Gasteiger partial charge in [-0.05, 0) is 31.0 Å². The third kappa shape index (κ3) is 3.57. The molecule has 96 valence electrons. The summed E-state index contributed by atoms with van der Waals surface area (Å²) in [6, 6.07) is 7.68. The van der Waals surface area contributed by atoms with Crippen molar-refractivity contribution < 1.29 is 9.59 Å². The lowest BCUT2D eigenvalue weighted by Crippen LogP contribution is -2.40. The molecule has 5 heteroatoms. The fourth-order valence-electron chi connectivity index (χ4n) is 1.67. The summed E-state index contributed by atoms with van der Waals surface area (Å²) in [6.07, 6.45) is 2.09. The van der Waals surface area contributed by atoms with Crippen LogP contribution in [0.4, 0.5) is 5.69 Å². The lowest BCUT2D eigenvalue weighted by molar-refractivity contribution is -0.123. The van der Waals surface area contributed by atoms with Crippen LogP contribution in [-0.2, 0) is 9.59 Å². The summed E-state index contributed by atoms with van der Waals surface area (Å²) in [6.45, 7) is 1.54. The Hall–Kier alpha value is -1.36. The molecule has 0 atom stereocenters. The number of amides is 2. The van der Waals surface area contributed by atoms with Crippen molar-refractivity contribution in [1.29, 1.82) is 0 Å². The molecule has 0 radical (unpaired) electrons. The van der Waals surface area contributed by atoms with Crippen LogP contribution < -0.4 is 10.2 Å². The average Bonchev–Trinajstić information content (AvgIpc) is 3.09. The number of carbonyl (C=O) groups is 2. The number of rotatable bonds is 4. The van der Waals surface area contributed by atoms with Crippen LogP contribution in [0.25, 0.3) is 0 Å². The minimum absolute atomic E-state index is 0.0717. The Morgan fingerprint density at radius 1 is 1.44 bits per heavy atom. The zero-order valence-electron chi connectivity index (χ0n) is 10.1. The number of nitrogens with one attached hydrogen (secondary N) is 1. The van der Waals surface area contributed by atoms with E-state index in [0.717, 1.165) is 23.0 Å². The molecule has 1 aromatic carbocycles. The van der Waals surface area contributed by atoms with Crippen LogP contribution in [0, 0.1) is 0 Å². The summed E-state index contributed by atoms with van der Waals surface area (Å²) < 4.78 is 0.883. The van der Waals surface area contributed by atoms with E-state index in [1.54, 1.807) is 0 Å². The van der Waals surface area contributed by atoms with Crippen molar-refractivity contribution in [1.82, 2.24) is 5.32 Å². The van der Waals surface area contributed by atoms with Gasteiger partial charge in [0.1, 0.15) is 6.54 Å². The van der Waals surface area contributed by atoms with Gasteiger partial charge < -0.3 is 10.2 Å². The summed E-state index contributed by atoms with van der Waals surface area (Å²) in [5.41, 5.74) is 0.725. The van der Waals surface area contributed by atoms with E-state index in [1.165, 1.54) is 11.8 Å². The minimum atomic E-state index is -0.140. The Labute approximate surface area is 114 Å². The number of nitrogens with zero attached hydrogens (tertiary/aromatic N) is 1. The summed E-state index contributed by atoms with van der Waals surface area (Å²) in [5, 5.41) is 2.88. The van der Waals surface area contributed by atoms with Crippen molar-refractivity contribution in [3.63, 3.8) is 0 Å². The Bertz CT molecular complexity index is 472. The highest BCUT2D eigenvalue weighted by Gasteiger charge is 2.25. The van der Waals surface area contributed by atoms with Gasteiger partial charge in [0.05, 0.1) is 0 Å². The van der Waals surface area contributed by atoms with E-state index in [4.69, 9.17) is 0 Å². The van der Waals surface area contributed by atoms with E-state index >= 15 is 0 Å². The average molecular weight is 311 g/mol. The van der Waals surface area contributed by atoms with Crippen LogP contribution >= 0.6 is 15.9 Å². The first-order valence-corrected chi connectivity index (χ1v) is 6.68. The van der Waals surface area contributed by atoms with Crippen LogP contribution in [0.2, 0.25) is 0 Å². The zero-order valence-corrected chi connectivity index (χ0v) is 11.7. The molecule has 1 fully saturated rings. The lowest BCUT2D eigenvalue weighted by Gasteiger charge is -2.20. The van der Waals surface area contributed by atoms with Crippen molar-refractivity contribution in [2.24, 2.45) is 0 Å². The SMILES string of the molecule is CC(=O)N(CC(=O)NC1CC1)c1cccc(Br)c1. The van der Waals surface area contributed by atoms with E-state index in [2.05, 4.69) is 21.2 Å². The Morgan fingerprint density at radius 2 is 2.17 bits per heavy atom. The minimum Gasteiger partial charge on any atom is -0.352 e. The molecule has 0 aromatic heterocycles. The smallest absolute Gasteiger partial charge is 0.240 e. The fraction of sp³-hybridized carbons (Fsp3) is 0.385. The monoisotopic (exact) mass is 310 g/mol. The molecule has 0 bridgehead atoms. The summed E-state index contributed by atoms with van der Waals surface area (Å²) in [7, 11) is 0. The number of carbonyl (C=O) groups excluding carboxylic acids is 2. The molecule has 18 heavy (non-hydrogen) atoms. The zero-order chi connectivity index (χ0) is 13.1. The second-order valence-corrected chi connectivity index (χ2v) is 5.34. The first-order chi connectivity index (χ1) is 8.56.